The molecule has 0 aliphatic carbocycles. The Morgan fingerprint density at radius 3 is 2.89 bits per heavy atom. The summed E-state index contributed by atoms with van der Waals surface area (Å²) in [7, 11) is 0. The van der Waals surface area contributed by atoms with Gasteiger partial charge in [-0.15, -0.1) is 6.58 Å². The van der Waals surface area contributed by atoms with E-state index in [0.717, 1.165) is 0 Å². The van der Waals surface area contributed by atoms with E-state index in [1.54, 1.807) is 6.08 Å². The number of nitrogens with one attached hydrogen (secondary N) is 1. The minimum Gasteiger partial charge on any atom is -0.381 e. The number of carbonyl (C=O) groups is 1. The zero-order valence-electron chi connectivity index (χ0n) is 5.00. The van der Waals surface area contributed by atoms with E-state index in [1.807, 2.05) is 0 Å². The van der Waals surface area contributed by atoms with Crippen LogP contribution in [0.2, 0.25) is 0 Å². The van der Waals surface area contributed by atoms with Crippen LogP contribution in [0.4, 0.5) is 0 Å². The predicted molar refractivity (Wildman–Crippen MR) is 32.8 cm³/mol. The summed E-state index contributed by atoms with van der Waals surface area (Å²) in [6, 6.07) is -0.0880. The predicted octanol–water partition coefficient (Wildman–Crippen LogP) is -0.578. The van der Waals surface area contributed by atoms with Crippen LogP contribution in [0.1, 0.15) is 6.42 Å². The summed E-state index contributed by atoms with van der Waals surface area (Å²) in [6.07, 6.45) is 1.52. The third kappa shape index (κ3) is 0.954. The fourth-order valence-electron chi connectivity index (χ4n) is 0.801. The highest BCUT2D eigenvalue weighted by atomic mass is 16.3. The van der Waals surface area contributed by atoms with E-state index >= 15 is 0 Å². The largest absolute Gasteiger partial charge is 0.381 e. The lowest BCUT2D eigenvalue weighted by atomic mass is 9.99. The van der Waals surface area contributed by atoms with Crippen molar-refractivity contribution >= 4 is 5.91 Å². The van der Waals surface area contributed by atoms with Gasteiger partial charge in [0.25, 0.3) is 5.91 Å². The molecule has 1 saturated heterocycles. The van der Waals surface area contributed by atoms with Crippen LogP contribution in [0, 0.1) is 0 Å². The van der Waals surface area contributed by atoms with Crippen molar-refractivity contribution in [1.29, 1.82) is 0 Å². The van der Waals surface area contributed by atoms with E-state index in [4.69, 9.17) is 5.11 Å². The Morgan fingerprint density at radius 2 is 2.56 bits per heavy atom. The Hall–Kier alpha value is -0.830. The molecule has 1 rings (SSSR count). The van der Waals surface area contributed by atoms with E-state index in [0.29, 0.717) is 6.42 Å². The molecule has 1 amide bonds. The fourth-order valence-corrected chi connectivity index (χ4v) is 0.801. The Labute approximate surface area is 53.4 Å². The van der Waals surface area contributed by atoms with Crippen LogP contribution in [0.5, 0.6) is 0 Å². The first kappa shape index (κ1) is 6.29. The second-order valence-electron chi connectivity index (χ2n) is 2.08. The summed E-state index contributed by atoms with van der Waals surface area (Å²) in [5.41, 5.74) is 0. The molecule has 3 heteroatoms. The van der Waals surface area contributed by atoms with Gasteiger partial charge in [-0.05, 0) is 6.42 Å². The smallest absolute Gasteiger partial charge is 0.251 e. The summed E-state index contributed by atoms with van der Waals surface area (Å²) in [4.78, 5) is 10.3. The van der Waals surface area contributed by atoms with E-state index < -0.39 is 6.10 Å². The molecule has 50 valence electrons. The van der Waals surface area contributed by atoms with Crippen LogP contribution in [0.25, 0.3) is 0 Å². The number of rotatable bonds is 2. The number of aliphatic hydroxyl groups is 1. The number of β-lactam (4-membered cyclic amide) rings is 1. The first-order valence-corrected chi connectivity index (χ1v) is 2.85. The van der Waals surface area contributed by atoms with Gasteiger partial charge in [0.2, 0.25) is 0 Å². The number of amides is 1. The molecule has 3 nitrogen and oxygen atoms in total. The fraction of sp³-hybridized carbons (Fsp3) is 0.500. The maximum Gasteiger partial charge on any atom is 0.251 e. The molecule has 0 unspecified atom stereocenters. The van der Waals surface area contributed by atoms with Crippen LogP contribution in [-0.2, 0) is 4.79 Å². The molecule has 0 aromatic carbocycles. The van der Waals surface area contributed by atoms with Gasteiger partial charge in [-0.3, -0.25) is 4.79 Å². The lowest BCUT2D eigenvalue weighted by molar-refractivity contribution is -0.142. The van der Waals surface area contributed by atoms with E-state index in [2.05, 4.69) is 11.9 Å². The molecule has 1 aliphatic rings. The van der Waals surface area contributed by atoms with Gasteiger partial charge in [-0.1, -0.05) is 6.08 Å². The van der Waals surface area contributed by atoms with Gasteiger partial charge >= 0.3 is 0 Å². The lowest BCUT2D eigenvalue weighted by Gasteiger charge is -2.31. The second-order valence-corrected chi connectivity index (χ2v) is 2.08. The van der Waals surface area contributed by atoms with Crippen molar-refractivity contribution in [2.24, 2.45) is 0 Å². The van der Waals surface area contributed by atoms with Crippen molar-refractivity contribution < 1.29 is 9.90 Å². The zero-order chi connectivity index (χ0) is 6.85. The van der Waals surface area contributed by atoms with Crippen molar-refractivity contribution in [3.8, 4) is 0 Å². The van der Waals surface area contributed by atoms with Crippen molar-refractivity contribution in [1.82, 2.24) is 5.32 Å². The SMILES string of the molecule is C=CC[C@@H]1NC(=O)[C@H]1O. The summed E-state index contributed by atoms with van der Waals surface area (Å²) >= 11 is 0. The number of hydrogen-bond acceptors (Lipinski definition) is 2. The van der Waals surface area contributed by atoms with Gasteiger partial charge in [0, 0.05) is 0 Å². The molecule has 0 bridgehead atoms. The highest BCUT2D eigenvalue weighted by Gasteiger charge is 2.35. The van der Waals surface area contributed by atoms with Gasteiger partial charge in [0.05, 0.1) is 6.04 Å². The van der Waals surface area contributed by atoms with E-state index in [9.17, 15) is 4.79 Å². The maximum absolute atomic E-state index is 10.3. The monoisotopic (exact) mass is 127 g/mol. The summed E-state index contributed by atoms with van der Waals surface area (Å²) < 4.78 is 0. The van der Waals surface area contributed by atoms with Gasteiger partial charge in [0.1, 0.15) is 0 Å². The van der Waals surface area contributed by atoms with Gasteiger partial charge < -0.3 is 10.4 Å². The average Bonchev–Trinajstić information content (AvgIpc) is 1.88. The first-order valence-electron chi connectivity index (χ1n) is 2.85. The van der Waals surface area contributed by atoms with Gasteiger partial charge in [-0.25, -0.2) is 0 Å². The molecular formula is C6H9NO2. The summed E-state index contributed by atoms with van der Waals surface area (Å²) in [5.74, 6) is -0.276. The molecule has 1 heterocycles. The lowest BCUT2D eigenvalue weighted by Crippen LogP contribution is -2.61. The van der Waals surface area contributed by atoms with Crippen LogP contribution < -0.4 is 5.32 Å². The summed E-state index contributed by atoms with van der Waals surface area (Å²) in [5, 5.41) is 11.4. The van der Waals surface area contributed by atoms with Crippen molar-refractivity contribution in [2.45, 2.75) is 18.6 Å². The maximum atomic E-state index is 10.3. The molecule has 0 aromatic rings. The molecule has 1 fully saturated rings. The Bertz CT molecular complexity index is 142. The average molecular weight is 127 g/mol. The van der Waals surface area contributed by atoms with Crippen LogP contribution >= 0.6 is 0 Å². The molecule has 0 aromatic heterocycles. The van der Waals surface area contributed by atoms with Crippen LogP contribution in [-0.4, -0.2) is 23.2 Å². The third-order valence-electron chi connectivity index (χ3n) is 1.40. The normalized spacial score (nSPS) is 32.8. The van der Waals surface area contributed by atoms with E-state index in [1.165, 1.54) is 0 Å². The van der Waals surface area contributed by atoms with Crippen molar-refractivity contribution in [3.63, 3.8) is 0 Å². The Balaban J connectivity index is 2.32. The van der Waals surface area contributed by atoms with Crippen LogP contribution in [0.3, 0.4) is 0 Å². The molecule has 9 heavy (non-hydrogen) atoms. The minimum atomic E-state index is -0.803. The van der Waals surface area contributed by atoms with E-state index in [-0.39, 0.29) is 11.9 Å². The Kier molecular flexibility index (Phi) is 1.53. The zero-order valence-corrected chi connectivity index (χ0v) is 5.00. The van der Waals surface area contributed by atoms with Gasteiger partial charge in [0.15, 0.2) is 6.10 Å². The highest BCUT2D eigenvalue weighted by molar-refractivity contribution is 5.87. The van der Waals surface area contributed by atoms with Crippen molar-refractivity contribution in [3.05, 3.63) is 12.7 Å². The van der Waals surface area contributed by atoms with Gasteiger partial charge in [-0.2, -0.15) is 0 Å². The molecule has 1 aliphatic heterocycles. The standard InChI is InChI=1S/C6H9NO2/c1-2-3-4-5(8)6(9)7-4/h2,4-5,8H,1,3H2,(H,7,9)/t4-,5-/m0/s1. The van der Waals surface area contributed by atoms with Crippen molar-refractivity contribution in [2.75, 3.05) is 0 Å². The van der Waals surface area contributed by atoms with Crippen LogP contribution in [0.15, 0.2) is 12.7 Å². The number of aliphatic hydroxyl groups excluding tert-OH is 1. The highest BCUT2D eigenvalue weighted by Crippen LogP contribution is 2.09. The number of carbonyl (C=O) groups excluding carboxylic acids is 1. The molecule has 0 saturated carbocycles. The molecule has 2 atom stereocenters. The molecule has 0 spiro atoms. The summed E-state index contributed by atoms with van der Waals surface area (Å²) in [6.45, 7) is 3.48. The number of hydrogen-bond donors (Lipinski definition) is 2. The topological polar surface area (TPSA) is 49.3 Å². The second kappa shape index (κ2) is 2.19. The molecule has 0 radical (unpaired) electrons. The quantitative estimate of drug-likeness (QED) is 0.385. The molecular weight excluding hydrogens is 118 g/mol. The first-order chi connectivity index (χ1) is 4.25. The minimum absolute atomic E-state index is 0.0880. The molecule has 2 N–H and O–H groups in total. The Morgan fingerprint density at radius 1 is 1.89 bits per heavy atom. The third-order valence-corrected chi connectivity index (χ3v) is 1.40.